The molecule has 1 aromatic carbocycles. The van der Waals surface area contributed by atoms with Crippen LogP contribution in [-0.4, -0.2) is 33.2 Å². The summed E-state index contributed by atoms with van der Waals surface area (Å²) in [6.45, 7) is 1.32. The summed E-state index contributed by atoms with van der Waals surface area (Å²) in [5.41, 5.74) is 2.74. The van der Waals surface area contributed by atoms with Crippen molar-refractivity contribution in [1.82, 2.24) is 15.0 Å². The number of aliphatic hydroxyl groups excluding tert-OH is 1. The quantitative estimate of drug-likeness (QED) is 0.526. The number of benzene rings is 1. The van der Waals surface area contributed by atoms with Gasteiger partial charge >= 0.3 is 0 Å². The van der Waals surface area contributed by atoms with Crippen molar-refractivity contribution in [2.45, 2.75) is 13.0 Å². The number of anilines is 2. The number of hydrogen-bond acceptors (Lipinski definition) is 6. The highest BCUT2D eigenvalue weighted by Gasteiger charge is 2.07. The molecule has 0 unspecified atom stereocenters. The highest BCUT2D eigenvalue weighted by molar-refractivity contribution is 6.30. The number of pyridine rings is 1. The second kappa shape index (κ2) is 9.12. The molecule has 2 aromatic heterocycles. The van der Waals surface area contributed by atoms with Crippen LogP contribution >= 0.6 is 11.6 Å². The predicted molar refractivity (Wildman–Crippen MR) is 104 cm³/mol. The van der Waals surface area contributed by atoms with E-state index in [0.717, 1.165) is 16.8 Å². The second-order valence-electron chi connectivity index (χ2n) is 5.69. The van der Waals surface area contributed by atoms with E-state index < -0.39 is 0 Å². The summed E-state index contributed by atoms with van der Waals surface area (Å²) in [6.07, 6.45) is 4.12. The summed E-state index contributed by atoms with van der Waals surface area (Å²) >= 11 is 6.04. The van der Waals surface area contributed by atoms with Crippen LogP contribution in [0.3, 0.4) is 0 Å². The van der Waals surface area contributed by atoms with E-state index in [-0.39, 0.29) is 6.61 Å². The Kier molecular flexibility index (Phi) is 6.35. The molecule has 2 heterocycles. The van der Waals surface area contributed by atoms with Gasteiger partial charge in [0.15, 0.2) is 0 Å². The second-order valence-corrected chi connectivity index (χ2v) is 6.13. The van der Waals surface area contributed by atoms with E-state index in [1.807, 2.05) is 42.5 Å². The molecule has 0 atom stereocenters. The maximum atomic E-state index is 8.95. The van der Waals surface area contributed by atoms with Crippen LogP contribution < -0.4 is 10.6 Å². The molecule has 6 nitrogen and oxygen atoms in total. The van der Waals surface area contributed by atoms with Crippen LogP contribution in [-0.2, 0) is 6.54 Å². The third-order valence-corrected chi connectivity index (χ3v) is 3.90. The standard InChI is InChI=1S/C19H20ClN5O/c20-16-6-1-4-14(10-16)12-23-18-11-17(15-5-2-7-21-13-15)24-19(25-18)22-8-3-9-26/h1-2,4-7,10-11,13,26H,3,8-9,12H2,(H2,22,23,24,25). The Morgan fingerprint density at radius 3 is 2.73 bits per heavy atom. The largest absolute Gasteiger partial charge is 0.396 e. The Morgan fingerprint density at radius 2 is 1.96 bits per heavy atom. The first-order valence-electron chi connectivity index (χ1n) is 8.37. The van der Waals surface area contributed by atoms with Crippen LogP contribution in [0.25, 0.3) is 11.3 Å². The normalized spacial score (nSPS) is 10.5. The molecule has 0 saturated carbocycles. The van der Waals surface area contributed by atoms with Gasteiger partial charge in [-0.25, -0.2) is 4.98 Å². The van der Waals surface area contributed by atoms with Gasteiger partial charge in [-0.15, -0.1) is 0 Å². The van der Waals surface area contributed by atoms with Gasteiger partial charge in [-0.2, -0.15) is 4.98 Å². The number of nitrogens with one attached hydrogen (secondary N) is 2. The van der Waals surface area contributed by atoms with E-state index in [2.05, 4.69) is 25.6 Å². The van der Waals surface area contributed by atoms with Crippen molar-refractivity contribution in [1.29, 1.82) is 0 Å². The molecule has 134 valence electrons. The fraction of sp³-hybridized carbons (Fsp3) is 0.211. The molecule has 3 rings (SSSR count). The zero-order valence-electron chi connectivity index (χ0n) is 14.2. The van der Waals surface area contributed by atoms with E-state index in [4.69, 9.17) is 16.7 Å². The zero-order valence-corrected chi connectivity index (χ0v) is 14.9. The molecular weight excluding hydrogens is 350 g/mol. The van der Waals surface area contributed by atoms with E-state index in [1.54, 1.807) is 12.4 Å². The summed E-state index contributed by atoms with van der Waals surface area (Å²) in [5, 5.41) is 16.1. The van der Waals surface area contributed by atoms with Crippen LogP contribution in [0.2, 0.25) is 5.02 Å². The van der Waals surface area contributed by atoms with Crippen molar-refractivity contribution in [2.75, 3.05) is 23.8 Å². The van der Waals surface area contributed by atoms with Gasteiger partial charge in [0.05, 0.1) is 5.69 Å². The number of rotatable bonds is 8. The maximum Gasteiger partial charge on any atom is 0.225 e. The van der Waals surface area contributed by atoms with Crippen molar-refractivity contribution in [3.8, 4) is 11.3 Å². The number of aliphatic hydroxyl groups is 1. The number of halogens is 1. The summed E-state index contributed by atoms with van der Waals surface area (Å²) in [4.78, 5) is 13.2. The molecule has 0 aliphatic heterocycles. The minimum Gasteiger partial charge on any atom is -0.396 e. The van der Waals surface area contributed by atoms with Gasteiger partial charge in [-0.05, 0) is 36.2 Å². The third-order valence-electron chi connectivity index (χ3n) is 3.66. The minimum atomic E-state index is 0.120. The number of aromatic nitrogens is 3. The number of nitrogens with zero attached hydrogens (tertiary/aromatic N) is 3. The molecule has 0 saturated heterocycles. The van der Waals surface area contributed by atoms with Crippen LogP contribution in [0, 0.1) is 0 Å². The summed E-state index contributed by atoms with van der Waals surface area (Å²) in [6, 6.07) is 13.4. The van der Waals surface area contributed by atoms with Gasteiger partial charge < -0.3 is 15.7 Å². The summed E-state index contributed by atoms with van der Waals surface area (Å²) in [5.74, 6) is 1.21. The average Bonchev–Trinajstić information content (AvgIpc) is 2.67. The Bertz CT molecular complexity index is 844. The fourth-order valence-electron chi connectivity index (χ4n) is 2.40. The molecule has 0 aliphatic rings. The molecule has 3 aromatic rings. The van der Waals surface area contributed by atoms with Gasteiger partial charge in [-0.1, -0.05) is 23.7 Å². The molecule has 0 fully saturated rings. The minimum absolute atomic E-state index is 0.120. The lowest BCUT2D eigenvalue weighted by Gasteiger charge is -2.11. The first-order chi connectivity index (χ1) is 12.7. The van der Waals surface area contributed by atoms with Gasteiger partial charge in [0.25, 0.3) is 0 Å². The Balaban J connectivity index is 1.81. The van der Waals surface area contributed by atoms with E-state index in [1.165, 1.54) is 0 Å². The fourth-order valence-corrected chi connectivity index (χ4v) is 2.61. The molecule has 0 radical (unpaired) electrons. The Labute approximate surface area is 157 Å². The third kappa shape index (κ3) is 5.15. The highest BCUT2D eigenvalue weighted by atomic mass is 35.5. The predicted octanol–water partition coefficient (Wildman–Crippen LogP) is 3.60. The molecule has 0 bridgehead atoms. The van der Waals surface area contributed by atoms with E-state index in [0.29, 0.717) is 36.3 Å². The molecule has 0 spiro atoms. The molecular formula is C19H20ClN5O. The van der Waals surface area contributed by atoms with Crippen LogP contribution in [0.1, 0.15) is 12.0 Å². The molecule has 0 aliphatic carbocycles. The SMILES string of the molecule is OCCCNc1nc(NCc2cccc(Cl)c2)cc(-c2cccnc2)n1. The molecule has 0 amide bonds. The van der Waals surface area contributed by atoms with Crippen molar-refractivity contribution in [3.05, 3.63) is 65.4 Å². The first-order valence-corrected chi connectivity index (χ1v) is 8.75. The van der Waals surface area contributed by atoms with Crippen molar-refractivity contribution < 1.29 is 5.11 Å². The van der Waals surface area contributed by atoms with Gasteiger partial charge in [-0.3, -0.25) is 4.98 Å². The van der Waals surface area contributed by atoms with Crippen molar-refractivity contribution in [3.63, 3.8) is 0 Å². The zero-order chi connectivity index (χ0) is 18.2. The van der Waals surface area contributed by atoms with E-state index in [9.17, 15) is 0 Å². The lowest BCUT2D eigenvalue weighted by molar-refractivity contribution is 0.292. The summed E-state index contributed by atoms with van der Waals surface area (Å²) in [7, 11) is 0. The first kappa shape index (κ1) is 18.1. The lowest BCUT2D eigenvalue weighted by atomic mass is 10.2. The van der Waals surface area contributed by atoms with Gasteiger partial charge in [0.1, 0.15) is 5.82 Å². The average molecular weight is 370 g/mol. The lowest BCUT2D eigenvalue weighted by Crippen LogP contribution is -2.10. The van der Waals surface area contributed by atoms with Crippen molar-refractivity contribution in [2.24, 2.45) is 0 Å². The van der Waals surface area contributed by atoms with Crippen LogP contribution in [0.15, 0.2) is 54.9 Å². The summed E-state index contributed by atoms with van der Waals surface area (Å²) < 4.78 is 0. The monoisotopic (exact) mass is 369 g/mol. The topological polar surface area (TPSA) is 83.0 Å². The van der Waals surface area contributed by atoms with Crippen LogP contribution in [0.4, 0.5) is 11.8 Å². The van der Waals surface area contributed by atoms with Gasteiger partial charge in [0, 0.05) is 48.7 Å². The number of hydrogen-bond donors (Lipinski definition) is 3. The maximum absolute atomic E-state index is 8.95. The van der Waals surface area contributed by atoms with Crippen LogP contribution in [0.5, 0.6) is 0 Å². The van der Waals surface area contributed by atoms with E-state index >= 15 is 0 Å². The highest BCUT2D eigenvalue weighted by Crippen LogP contribution is 2.21. The molecule has 7 heteroatoms. The Hall–Kier alpha value is -2.70. The molecule has 3 N–H and O–H groups in total. The van der Waals surface area contributed by atoms with Gasteiger partial charge in [0.2, 0.25) is 5.95 Å². The van der Waals surface area contributed by atoms with Crippen molar-refractivity contribution >= 4 is 23.4 Å². The Morgan fingerprint density at radius 1 is 1.04 bits per heavy atom. The molecule has 26 heavy (non-hydrogen) atoms. The smallest absolute Gasteiger partial charge is 0.225 e.